The van der Waals surface area contributed by atoms with Gasteiger partial charge in [0, 0.05) is 12.6 Å². The largest absolute Gasteiger partial charge is 0.389 e. The van der Waals surface area contributed by atoms with Crippen molar-refractivity contribution in [3.63, 3.8) is 0 Å². The summed E-state index contributed by atoms with van der Waals surface area (Å²) in [5, 5.41) is 14.0. The lowest BCUT2D eigenvalue weighted by molar-refractivity contribution is -0.0258. The van der Waals surface area contributed by atoms with E-state index in [9.17, 15) is 9.50 Å². The quantitative estimate of drug-likeness (QED) is 0.875. The van der Waals surface area contributed by atoms with Crippen molar-refractivity contribution in [3.05, 3.63) is 35.1 Å². The molecule has 1 aromatic carbocycles. The zero-order chi connectivity index (χ0) is 15.7. The maximum Gasteiger partial charge on any atom is 0.126 e. The highest BCUT2D eigenvalue weighted by atomic mass is 19.1. The molecule has 1 aliphatic carbocycles. The van der Waals surface area contributed by atoms with Gasteiger partial charge in [0.05, 0.1) is 5.60 Å². The molecule has 0 spiro atoms. The third-order valence-corrected chi connectivity index (χ3v) is 4.97. The first-order valence-electron chi connectivity index (χ1n) is 7.93. The summed E-state index contributed by atoms with van der Waals surface area (Å²) in [7, 11) is 0. The SMILES string of the molecule is Cc1ccc(C(C)NCC2(O)CCC(C)(C)CC2)cc1F. The molecular weight excluding hydrogens is 265 g/mol. The molecule has 0 amide bonds. The fraction of sp³-hybridized carbons (Fsp3) is 0.667. The lowest BCUT2D eigenvalue weighted by Crippen LogP contribution is -2.45. The summed E-state index contributed by atoms with van der Waals surface area (Å²) in [6.07, 6.45) is 3.78. The molecule has 0 heterocycles. The second-order valence-electron chi connectivity index (χ2n) is 7.50. The van der Waals surface area contributed by atoms with E-state index in [0.717, 1.165) is 31.2 Å². The van der Waals surface area contributed by atoms with Crippen LogP contribution in [-0.4, -0.2) is 17.3 Å². The fourth-order valence-corrected chi connectivity index (χ4v) is 2.91. The molecular formula is C18H28FNO. The standard InChI is InChI=1S/C18H28FNO/c1-13-5-6-15(11-16(13)19)14(2)20-12-18(21)9-7-17(3,4)8-10-18/h5-6,11,14,20-21H,7-10,12H2,1-4H3. The molecule has 0 radical (unpaired) electrons. The van der Waals surface area contributed by atoms with Gasteiger partial charge in [0.15, 0.2) is 0 Å². The molecule has 2 rings (SSSR count). The summed E-state index contributed by atoms with van der Waals surface area (Å²) in [5.74, 6) is -0.167. The van der Waals surface area contributed by atoms with Gasteiger partial charge in [-0.1, -0.05) is 26.0 Å². The van der Waals surface area contributed by atoms with Crippen molar-refractivity contribution < 1.29 is 9.50 Å². The van der Waals surface area contributed by atoms with Crippen molar-refractivity contribution in [2.75, 3.05) is 6.54 Å². The van der Waals surface area contributed by atoms with Crippen LogP contribution in [0.1, 0.15) is 63.6 Å². The normalized spacial score (nSPS) is 22.0. The lowest BCUT2D eigenvalue weighted by Gasteiger charge is -2.40. The van der Waals surface area contributed by atoms with Gasteiger partial charge in [0.2, 0.25) is 0 Å². The Balaban J connectivity index is 1.91. The maximum atomic E-state index is 13.6. The van der Waals surface area contributed by atoms with Crippen LogP contribution in [0.2, 0.25) is 0 Å². The number of halogens is 1. The highest BCUT2D eigenvalue weighted by molar-refractivity contribution is 5.25. The topological polar surface area (TPSA) is 32.3 Å². The molecule has 21 heavy (non-hydrogen) atoms. The Morgan fingerprint density at radius 1 is 1.24 bits per heavy atom. The summed E-state index contributed by atoms with van der Waals surface area (Å²) in [6, 6.07) is 5.38. The summed E-state index contributed by atoms with van der Waals surface area (Å²) in [6.45, 7) is 8.87. The van der Waals surface area contributed by atoms with Gasteiger partial charge >= 0.3 is 0 Å². The van der Waals surface area contributed by atoms with Crippen molar-refractivity contribution in [1.82, 2.24) is 5.32 Å². The van der Waals surface area contributed by atoms with Crippen LogP contribution < -0.4 is 5.32 Å². The second-order valence-corrected chi connectivity index (χ2v) is 7.50. The molecule has 1 fully saturated rings. The van der Waals surface area contributed by atoms with Gasteiger partial charge in [-0.05, 0) is 62.1 Å². The molecule has 1 unspecified atom stereocenters. The van der Waals surface area contributed by atoms with Crippen LogP contribution in [0.25, 0.3) is 0 Å². The van der Waals surface area contributed by atoms with Crippen molar-refractivity contribution >= 4 is 0 Å². The van der Waals surface area contributed by atoms with Gasteiger partial charge in [-0.2, -0.15) is 0 Å². The Kier molecular flexibility index (Phi) is 4.74. The number of nitrogens with one attached hydrogen (secondary N) is 1. The van der Waals surface area contributed by atoms with Crippen molar-refractivity contribution in [2.24, 2.45) is 5.41 Å². The number of benzene rings is 1. The van der Waals surface area contributed by atoms with Crippen LogP contribution in [0.15, 0.2) is 18.2 Å². The molecule has 1 aliphatic rings. The van der Waals surface area contributed by atoms with Gasteiger partial charge in [-0.3, -0.25) is 0 Å². The summed E-state index contributed by atoms with van der Waals surface area (Å²) in [5.41, 5.74) is 1.32. The highest BCUT2D eigenvalue weighted by Crippen LogP contribution is 2.40. The number of aryl methyl sites for hydroxylation is 1. The average molecular weight is 293 g/mol. The summed E-state index contributed by atoms with van der Waals surface area (Å²) in [4.78, 5) is 0. The minimum atomic E-state index is -0.618. The van der Waals surface area contributed by atoms with E-state index in [2.05, 4.69) is 19.2 Å². The first-order valence-corrected chi connectivity index (χ1v) is 7.93. The number of rotatable bonds is 4. The van der Waals surface area contributed by atoms with Crippen LogP contribution in [0.5, 0.6) is 0 Å². The number of hydrogen-bond acceptors (Lipinski definition) is 2. The molecule has 1 aromatic rings. The van der Waals surface area contributed by atoms with Crippen LogP contribution >= 0.6 is 0 Å². The Morgan fingerprint density at radius 3 is 2.43 bits per heavy atom. The second kappa shape index (κ2) is 6.05. The zero-order valence-electron chi connectivity index (χ0n) is 13.7. The van der Waals surface area contributed by atoms with Gasteiger partial charge in [0.25, 0.3) is 0 Å². The minimum Gasteiger partial charge on any atom is -0.389 e. The molecule has 0 bridgehead atoms. The van der Waals surface area contributed by atoms with E-state index in [1.54, 1.807) is 19.1 Å². The summed E-state index contributed by atoms with van der Waals surface area (Å²) >= 11 is 0. The van der Waals surface area contributed by atoms with Crippen molar-refractivity contribution in [2.45, 2.75) is 65.0 Å². The minimum absolute atomic E-state index is 0.0408. The molecule has 2 N–H and O–H groups in total. The van der Waals surface area contributed by atoms with E-state index in [0.29, 0.717) is 17.5 Å². The Labute approximate surface area is 127 Å². The summed E-state index contributed by atoms with van der Waals surface area (Å²) < 4.78 is 13.6. The van der Waals surface area contributed by atoms with Crippen molar-refractivity contribution in [1.29, 1.82) is 0 Å². The van der Waals surface area contributed by atoms with Crippen LogP contribution in [0.3, 0.4) is 0 Å². The number of aliphatic hydroxyl groups is 1. The predicted molar refractivity (Wildman–Crippen MR) is 84.8 cm³/mol. The highest BCUT2D eigenvalue weighted by Gasteiger charge is 2.36. The average Bonchev–Trinajstić information content (AvgIpc) is 2.43. The molecule has 1 saturated carbocycles. The smallest absolute Gasteiger partial charge is 0.126 e. The molecule has 3 heteroatoms. The maximum absolute atomic E-state index is 13.6. The number of hydrogen-bond donors (Lipinski definition) is 2. The van der Waals surface area contributed by atoms with E-state index in [1.165, 1.54) is 0 Å². The third kappa shape index (κ3) is 4.27. The van der Waals surface area contributed by atoms with E-state index in [1.807, 2.05) is 13.0 Å². The Hall–Kier alpha value is -0.930. The molecule has 0 aromatic heterocycles. The molecule has 1 atom stereocenters. The Bertz CT molecular complexity index is 488. The van der Waals surface area contributed by atoms with Crippen LogP contribution in [0.4, 0.5) is 4.39 Å². The first kappa shape index (κ1) is 16.4. The van der Waals surface area contributed by atoms with E-state index >= 15 is 0 Å². The van der Waals surface area contributed by atoms with Crippen LogP contribution in [0, 0.1) is 18.2 Å². The lowest BCUT2D eigenvalue weighted by atomic mass is 9.71. The molecule has 2 nitrogen and oxygen atoms in total. The molecule has 0 aliphatic heterocycles. The van der Waals surface area contributed by atoms with Gasteiger partial charge < -0.3 is 10.4 Å². The molecule has 0 saturated heterocycles. The fourth-order valence-electron chi connectivity index (χ4n) is 2.91. The van der Waals surface area contributed by atoms with Gasteiger partial charge in [-0.15, -0.1) is 0 Å². The van der Waals surface area contributed by atoms with Crippen LogP contribution in [-0.2, 0) is 0 Å². The van der Waals surface area contributed by atoms with E-state index in [-0.39, 0.29) is 11.9 Å². The van der Waals surface area contributed by atoms with Crippen molar-refractivity contribution in [3.8, 4) is 0 Å². The Morgan fingerprint density at radius 2 is 1.86 bits per heavy atom. The first-order chi connectivity index (χ1) is 9.71. The van der Waals surface area contributed by atoms with Gasteiger partial charge in [0.1, 0.15) is 5.82 Å². The zero-order valence-corrected chi connectivity index (χ0v) is 13.7. The predicted octanol–water partition coefficient (Wildman–Crippen LogP) is 4.12. The molecule has 118 valence electrons. The third-order valence-electron chi connectivity index (χ3n) is 4.97. The van der Waals surface area contributed by atoms with Gasteiger partial charge in [-0.25, -0.2) is 4.39 Å². The van der Waals surface area contributed by atoms with E-state index < -0.39 is 5.60 Å². The monoisotopic (exact) mass is 293 g/mol. The van der Waals surface area contributed by atoms with E-state index in [4.69, 9.17) is 0 Å².